The van der Waals surface area contributed by atoms with E-state index in [1.807, 2.05) is 0 Å². The number of carbonyl (C=O) groups is 2. The lowest BCUT2D eigenvalue weighted by Gasteiger charge is -2.14. The van der Waals surface area contributed by atoms with Gasteiger partial charge in [0.1, 0.15) is 0 Å². The van der Waals surface area contributed by atoms with Gasteiger partial charge in [-0.25, -0.2) is 9.59 Å². The molecule has 1 aromatic rings. The molecule has 0 aliphatic heterocycles. The lowest BCUT2D eigenvalue weighted by molar-refractivity contribution is 0.0496. The van der Waals surface area contributed by atoms with Crippen LogP contribution >= 0.6 is 0 Å². The van der Waals surface area contributed by atoms with E-state index in [-0.39, 0.29) is 17.7 Å². The Balaban J connectivity index is 2.98. The minimum atomic E-state index is -1.08. The Bertz CT molecular complexity index is 580. The van der Waals surface area contributed by atoms with Gasteiger partial charge < -0.3 is 14.9 Å². The van der Waals surface area contributed by atoms with Gasteiger partial charge in [-0.3, -0.25) is 0 Å². The molecule has 0 heterocycles. The summed E-state index contributed by atoms with van der Waals surface area (Å²) in [4.78, 5) is 24.2. The molecule has 146 valence electrons. The molecule has 5 heteroatoms. The van der Waals surface area contributed by atoms with Crippen LogP contribution in [0.3, 0.4) is 0 Å². The summed E-state index contributed by atoms with van der Waals surface area (Å²) in [6, 6.07) is 3.02. The van der Waals surface area contributed by atoms with Crippen molar-refractivity contribution in [3.63, 3.8) is 0 Å². The molecule has 0 fully saturated rings. The molecule has 2 N–H and O–H groups in total. The second-order valence-corrected chi connectivity index (χ2v) is 6.64. The molecule has 0 spiro atoms. The SMILES string of the molecule is CCCCCCOC(=O)c1cc(CO)cc(C(=O)O)c1CCCCCC. The van der Waals surface area contributed by atoms with Crippen molar-refractivity contribution in [3.8, 4) is 0 Å². The van der Waals surface area contributed by atoms with Crippen molar-refractivity contribution in [2.45, 2.75) is 78.2 Å². The Morgan fingerprint density at radius 2 is 1.54 bits per heavy atom. The molecular formula is C21H32O5. The van der Waals surface area contributed by atoms with Gasteiger partial charge >= 0.3 is 11.9 Å². The number of carboxylic acids is 1. The second kappa shape index (κ2) is 12.5. The van der Waals surface area contributed by atoms with Gasteiger partial charge in [0.25, 0.3) is 0 Å². The van der Waals surface area contributed by atoms with Crippen LogP contribution in [0.25, 0.3) is 0 Å². The van der Waals surface area contributed by atoms with E-state index >= 15 is 0 Å². The maximum absolute atomic E-state index is 12.5. The van der Waals surface area contributed by atoms with Crippen LogP contribution in [0.5, 0.6) is 0 Å². The monoisotopic (exact) mass is 364 g/mol. The Kier molecular flexibility index (Phi) is 10.6. The molecule has 0 unspecified atom stereocenters. The lowest BCUT2D eigenvalue weighted by Crippen LogP contribution is -2.15. The first-order chi connectivity index (χ1) is 12.5. The predicted molar refractivity (Wildman–Crippen MR) is 102 cm³/mol. The van der Waals surface area contributed by atoms with Crippen LogP contribution in [-0.2, 0) is 17.8 Å². The fraction of sp³-hybridized carbons (Fsp3) is 0.619. The molecule has 0 atom stereocenters. The van der Waals surface area contributed by atoms with Gasteiger partial charge in [-0.1, -0.05) is 52.4 Å². The quantitative estimate of drug-likeness (QED) is 0.390. The van der Waals surface area contributed by atoms with Crippen LogP contribution in [0, 0.1) is 0 Å². The third kappa shape index (κ3) is 7.16. The Morgan fingerprint density at radius 1 is 0.923 bits per heavy atom. The van der Waals surface area contributed by atoms with Gasteiger partial charge in [0.2, 0.25) is 0 Å². The number of carbonyl (C=O) groups excluding carboxylic acids is 1. The zero-order valence-electron chi connectivity index (χ0n) is 16.1. The number of hydrogen-bond donors (Lipinski definition) is 2. The Hall–Kier alpha value is -1.88. The van der Waals surface area contributed by atoms with Crippen LogP contribution in [0.15, 0.2) is 12.1 Å². The van der Waals surface area contributed by atoms with Crippen LogP contribution in [0.4, 0.5) is 0 Å². The van der Waals surface area contributed by atoms with Gasteiger partial charge in [-0.15, -0.1) is 0 Å². The van der Waals surface area contributed by atoms with Gasteiger partial charge in [0.05, 0.1) is 24.3 Å². The smallest absolute Gasteiger partial charge is 0.338 e. The van der Waals surface area contributed by atoms with Gasteiger partial charge in [-0.2, -0.15) is 0 Å². The van der Waals surface area contributed by atoms with E-state index < -0.39 is 11.9 Å². The number of aromatic carboxylic acids is 1. The summed E-state index contributed by atoms with van der Waals surface area (Å²) in [5.41, 5.74) is 1.30. The summed E-state index contributed by atoms with van der Waals surface area (Å²) < 4.78 is 5.36. The summed E-state index contributed by atoms with van der Waals surface area (Å²) in [5.74, 6) is -1.58. The largest absolute Gasteiger partial charge is 0.478 e. The molecule has 0 amide bonds. The van der Waals surface area contributed by atoms with Crippen LogP contribution < -0.4 is 0 Å². The van der Waals surface area contributed by atoms with Gasteiger partial charge in [-0.05, 0) is 42.5 Å². The minimum Gasteiger partial charge on any atom is -0.478 e. The first kappa shape index (κ1) is 22.2. The summed E-state index contributed by atoms with van der Waals surface area (Å²) in [5, 5.41) is 18.9. The number of benzene rings is 1. The van der Waals surface area contributed by atoms with Crippen molar-refractivity contribution in [3.05, 3.63) is 34.4 Å². The number of aliphatic hydroxyl groups is 1. The summed E-state index contributed by atoms with van der Waals surface area (Å²) >= 11 is 0. The lowest BCUT2D eigenvalue weighted by atomic mass is 9.93. The molecule has 26 heavy (non-hydrogen) atoms. The van der Waals surface area contributed by atoms with E-state index in [4.69, 9.17) is 4.74 Å². The van der Waals surface area contributed by atoms with E-state index in [9.17, 15) is 19.8 Å². The van der Waals surface area contributed by atoms with Gasteiger partial charge in [0.15, 0.2) is 0 Å². The van der Waals surface area contributed by atoms with Crippen LogP contribution in [0.1, 0.15) is 97.1 Å². The Morgan fingerprint density at radius 3 is 2.12 bits per heavy atom. The highest BCUT2D eigenvalue weighted by atomic mass is 16.5. The molecule has 0 aromatic heterocycles. The fourth-order valence-corrected chi connectivity index (χ4v) is 2.97. The van der Waals surface area contributed by atoms with Crippen molar-refractivity contribution in [2.75, 3.05) is 6.61 Å². The van der Waals surface area contributed by atoms with Crippen molar-refractivity contribution in [1.82, 2.24) is 0 Å². The van der Waals surface area contributed by atoms with E-state index in [0.29, 0.717) is 24.2 Å². The highest BCUT2D eigenvalue weighted by Gasteiger charge is 2.21. The zero-order chi connectivity index (χ0) is 19.4. The third-order valence-electron chi connectivity index (χ3n) is 4.45. The molecule has 0 aliphatic carbocycles. The molecule has 0 bridgehead atoms. The van der Waals surface area contributed by atoms with Crippen LogP contribution in [0.2, 0.25) is 0 Å². The summed E-state index contributed by atoms with van der Waals surface area (Å²) in [6.07, 6.45) is 8.51. The molecule has 1 aromatic carbocycles. The van der Waals surface area contributed by atoms with Crippen molar-refractivity contribution >= 4 is 11.9 Å². The molecule has 0 aliphatic rings. The number of carboxylic acid groups (broad SMARTS) is 1. The van der Waals surface area contributed by atoms with Crippen molar-refractivity contribution in [2.24, 2.45) is 0 Å². The number of hydrogen-bond acceptors (Lipinski definition) is 4. The predicted octanol–water partition coefficient (Wildman–Crippen LogP) is 4.74. The number of esters is 1. The topological polar surface area (TPSA) is 83.8 Å². The third-order valence-corrected chi connectivity index (χ3v) is 4.45. The van der Waals surface area contributed by atoms with Gasteiger partial charge in [0, 0.05) is 0 Å². The van der Waals surface area contributed by atoms with E-state index in [2.05, 4.69) is 13.8 Å². The number of unbranched alkanes of at least 4 members (excludes halogenated alkanes) is 6. The van der Waals surface area contributed by atoms with Crippen molar-refractivity contribution < 1.29 is 24.5 Å². The minimum absolute atomic E-state index is 0.0889. The molecule has 0 saturated carbocycles. The normalized spacial score (nSPS) is 10.7. The van der Waals surface area contributed by atoms with E-state index in [1.165, 1.54) is 6.07 Å². The standard InChI is InChI=1S/C21H32O5/c1-3-5-7-9-11-17-18(20(23)24)13-16(15-22)14-19(17)21(25)26-12-10-8-6-4-2/h13-14,22H,3-12,15H2,1-2H3,(H,23,24). The van der Waals surface area contributed by atoms with Crippen LogP contribution in [-0.4, -0.2) is 28.8 Å². The second-order valence-electron chi connectivity index (χ2n) is 6.64. The molecule has 5 nitrogen and oxygen atoms in total. The van der Waals surface area contributed by atoms with Crippen molar-refractivity contribution in [1.29, 1.82) is 0 Å². The molecule has 0 radical (unpaired) electrons. The average molecular weight is 364 g/mol. The molecule has 0 saturated heterocycles. The highest BCUT2D eigenvalue weighted by Crippen LogP contribution is 2.23. The Labute approximate surface area is 156 Å². The van der Waals surface area contributed by atoms with E-state index in [0.717, 1.165) is 51.4 Å². The average Bonchev–Trinajstić information content (AvgIpc) is 2.64. The van der Waals surface area contributed by atoms with E-state index in [1.54, 1.807) is 6.07 Å². The summed E-state index contributed by atoms with van der Waals surface area (Å²) in [7, 11) is 0. The summed E-state index contributed by atoms with van der Waals surface area (Å²) in [6.45, 7) is 4.25. The highest BCUT2D eigenvalue weighted by molar-refractivity contribution is 5.97. The number of aliphatic hydroxyl groups excluding tert-OH is 1. The number of rotatable bonds is 13. The molecular weight excluding hydrogens is 332 g/mol. The maximum atomic E-state index is 12.5. The fourth-order valence-electron chi connectivity index (χ4n) is 2.97. The first-order valence-corrected chi connectivity index (χ1v) is 9.72. The zero-order valence-corrected chi connectivity index (χ0v) is 16.1. The first-order valence-electron chi connectivity index (χ1n) is 9.72. The molecule has 1 rings (SSSR count). The number of ether oxygens (including phenoxy) is 1. The maximum Gasteiger partial charge on any atom is 0.338 e.